The zero-order valence-electron chi connectivity index (χ0n) is 9.36. The van der Waals surface area contributed by atoms with Gasteiger partial charge in [0.25, 0.3) is 0 Å². The number of thioether (sulfide) groups is 1. The molecule has 14 heavy (non-hydrogen) atoms. The van der Waals surface area contributed by atoms with Crippen LogP contribution in [0.2, 0.25) is 0 Å². The van der Waals surface area contributed by atoms with E-state index < -0.39 is 0 Å². The van der Waals surface area contributed by atoms with E-state index in [-0.39, 0.29) is 12.0 Å². The van der Waals surface area contributed by atoms with E-state index >= 15 is 0 Å². The maximum Gasteiger partial charge on any atom is 0.153 e. The minimum Gasteiger partial charge on any atom is -0.299 e. The van der Waals surface area contributed by atoms with Crippen LogP contribution < -0.4 is 0 Å². The van der Waals surface area contributed by atoms with Crippen LogP contribution >= 0.6 is 11.8 Å². The van der Waals surface area contributed by atoms with E-state index in [0.29, 0.717) is 11.7 Å². The predicted molar refractivity (Wildman–Crippen MR) is 62.4 cm³/mol. The van der Waals surface area contributed by atoms with Gasteiger partial charge in [-0.1, -0.05) is 19.9 Å². The fourth-order valence-corrected chi connectivity index (χ4v) is 2.70. The molecule has 0 N–H and O–H groups in total. The van der Waals surface area contributed by atoms with Gasteiger partial charge in [-0.15, -0.1) is 11.8 Å². The molecule has 0 fully saturated rings. The molecule has 2 atom stereocenters. The van der Waals surface area contributed by atoms with Crippen LogP contribution in [0.1, 0.15) is 13.8 Å². The van der Waals surface area contributed by atoms with E-state index in [2.05, 4.69) is 11.5 Å². The van der Waals surface area contributed by atoms with Gasteiger partial charge in [-0.3, -0.25) is 9.69 Å². The summed E-state index contributed by atoms with van der Waals surface area (Å²) in [5.74, 6) is 1.92. The summed E-state index contributed by atoms with van der Waals surface area (Å²) in [5, 5.41) is 2.11. The van der Waals surface area contributed by atoms with Crippen LogP contribution in [0.25, 0.3) is 0 Å². The van der Waals surface area contributed by atoms with E-state index in [1.807, 2.05) is 32.8 Å². The Morgan fingerprint density at radius 2 is 2.14 bits per heavy atom. The summed E-state index contributed by atoms with van der Waals surface area (Å²) >= 11 is 1.80. The average Bonchev–Trinajstić information content (AvgIpc) is 2.56. The lowest BCUT2D eigenvalue weighted by atomic mass is 9.91. The zero-order valence-corrected chi connectivity index (χ0v) is 10.2. The maximum atomic E-state index is 12.0. The van der Waals surface area contributed by atoms with Crippen molar-refractivity contribution < 1.29 is 4.79 Å². The third kappa shape index (κ3) is 2.61. The van der Waals surface area contributed by atoms with Crippen molar-refractivity contribution in [3.05, 3.63) is 11.5 Å². The Hall–Kier alpha value is -0.280. The molecule has 3 heteroatoms. The highest BCUT2D eigenvalue weighted by Crippen LogP contribution is 2.26. The fraction of sp³-hybridized carbons (Fsp3) is 0.727. The van der Waals surface area contributed by atoms with Crippen LogP contribution in [0, 0.1) is 11.8 Å². The van der Waals surface area contributed by atoms with Crippen LogP contribution in [0.4, 0.5) is 0 Å². The Balaban J connectivity index is 2.73. The predicted octanol–water partition coefficient (Wildman–Crippen LogP) is 2.02. The van der Waals surface area contributed by atoms with E-state index in [0.717, 1.165) is 5.75 Å². The molecule has 2 nitrogen and oxygen atoms in total. The lowest BCUT2D eigenvalue weighted by molar-refractivity contribution is -0.127. The van der Waals surface area contributed by atoms with E-state index in [1.54, 1.807) is 11.8 Å². The number of rotatable bonds is 4. The van der Waals surface area contributed by atoms with Gasteiger partial charge in [0.05, 0.1) is 6.04 Å². The first-order valence-electron chi connectivity index (χ1n) is 5.02. The summed E-state index contributed by atoms with van der Waals surface area (Å²) in [6.07, 6.45) is 2.16. The van der Waals surface area contributed by atoms with Crippen molar-refractivity contribution in [3.8, 4) is 0 Å². The number of ketones is 1. The van der Waals surface area contributed by atoms with Gasteiger partial charge in [0.1, 0.15) is 0 Å². The van der Waals surface area contributed by atoms with Crippen molar-refractivity contribution in [2.75, 3.05) is 19.8 Å². The van der Waals surface area contributed by atoms with Crippen molar-refractivity contribution in [1.82, 2.24) is 4.90 Å². The van der Waals surface area contributed by atoms with E-state index in [1.165, 1.54) is 0 Å². The van der Waals surface area contributed by atoms with E-state index in [9.17, 15) is 4.79 Å². The number of likely N-dealkylation sites (N-methyl/N-ethyl adjacent to an activating group) is 1. The summed E-state index contributed by atoms with van der Waals surface area (Å²) in [5.41, 5.74) is 0. The fourth-order valence-electron chi connectivity index (χ4n) is 1.77. The molecule has 0 aromatic heterocycles. The highest BCUT2D eigenvalue weighted by molar-refractivity contribution is 8.02. The first kappa shape index (κ1) is 11.8. The lowest BCUT2D eigenvalue weighted by Gasteiger charge is -2.28. The third-order valence-corrected chi connectivity index (χ3v) is 3.46. The molecule has 80 valence electrons. The normalized spacial score (nSPS) is 23.4. The quantitative estimate of drug-likeness (QED) is 0.712. The molecule has 0 amide bonds. The molecule has 1 aliphatic heterocycles. The molecule has 0 aromatic rings. The monoisotopic (exact) mass is 213 g/mol. The molecule has 0 aromatic carbocycles. The number of carbonyl (C=O) groups excluding carboxylic acids is 1. The number of hydrogen-bond donors (Lipinski definition) is 0. The molecule has 0 saturated carbocycles. The van der Waals surface area contributed by atoms with Crippen molar-refractivity contribution in [1.29, 1.82) is 0 Å². The minimum atomic E-state index is 0.0567. The first-order chi connectivity index (χ1) is 6.54. The number of hydrogen-bond acceptors (Lipinski definition) is 3. The van der Waals surface area contributed by atoms with Crippen LogP contribution in [0.15, 0.2) is 11.5 Å². The van der Waals surface area contributed by atoms with Crippen molar-refractivity contribution >= 4 is 17.5 Å². The Morgan fingerprint density at radius 3 is 2.50 bits per heavy atom. The molecular weight excluding hydrogens is 194 g/mol. The third-order valence-electron chi connectivity index (χ3n) is 2.53. The van der Waals surface area contributed by atoms with Crippen LogP contribution in [-0.2, 0) is 4.79 Å². The largest absolute Gasteiger partial charge is 0.299 e. The van der Waals surface area contributed by atoms with Gasteiger partial charge >= 0.3 is 0 Å². The van der Waals surface area contributed by atoms with Crippen LogP contribution in [0.5, 0.6) is 0 Å². The summed E-state index contributed by atoms with van der Waals surface area (Å²) in [4.78, 5) is 14.0. The average molecular weight is 213 g/mol. The molecule has 1 aliphatic rings. The summed E-state index contributed by atoms with van der Waals surface area (Å²) < 4.78 is 0. The molecule has 0 aliphatic carbocycles. The number of nitrogens with zero attached hydrogens (tertiary/aromatic N) is 1. The summed E-state index contributed by atoms with van der Waals surface area (Å²) in [6, 6.07) is 0.0567. The molecule has 0 radical (unpaired) electrons. The van der Waals surface area contributed by atoms with Crippen LogP contribution in [-0.4, -0.2) is 36.6 Å². The molecule has 1 heterocycles. The summed E-state index contributed by atoms with van der Waals surface area (Å²) in [7, 11) is 3.98. The lowest BCUT2D eigenvalue weighted by Crippen LogP contribution is -2.43. The second kappa shape index (κ2) is 4.99. The Morgan fingerprint density at radius 1 is 1.50 bits per heavy atom. The van der Waals surface area contributed by atoms with Gasteiger partial charge in [0.2, 0.25) is 0 Å². The van der Waals surface area contributed by atoms with Gasteiger partial charge in [-0.05, 0) is 19.5 Å². The van der Waals surface area contributed by atoms with Crippen molar-refractivity contribution in [2.24, 2.45) is 11.8 Å². The van der Waals surface area contributed by atoms with Gasteiger partial charge in [-0.2, -0.15) is 0 Å². The SMILES string of the molecule is CC(C)C(=O)C(C1C=CSC1)N(C)C. The molecule has 0 spiro atoms. The standard InChI is InChI=1S/C11H19NOS/c1-8(2)11(13)10(12(3)4)9-5-6-14-7-9/h5-6,8-10H,7H2,1-4H3. The first-order valence-corrected chi connectivity index (χ1v) is 6.07. The van der Waals surface area contributed by atoms with Crippen molar-refractivity contribution in [2.45, 2.75) is 19.9 Å². The highest BCUT2D eigenvalue weighted by Gasteiger charge is 2.31. The van der Waals surface area contributed by atoms with Gasteiger partial charge in [0.15, 0.2) is 5.78 Å². The Kier molecular flexibility index (Phi) is 4.20. The maximum absolute atomic E-state index is 12.0. The van der Waals surface area contributed by atoms with Gasteiger partial charge in [0, 0.05) is 17.6 Å². The Labute approximate surface area is 90.7 Å². The minimum absolute atomic E-state index is 0.0567. The van der Waals surface area contributed by atoms with E-state index in [4.69, 9.17) is 0 Å². The highest BCUT2D eigenvalue weighted by atomic mass is 32.2. The summed E-state index contributed by atoms with van der Waals surface area (Å²) in [6.45, 7) is 3.95. The molecular formula is C11H19NOS. The molecule has 0 saturated heterocycles. The smallest absolute Gasteiger partial charge is 0.153 e. The van der Waals surface area contributed by atoms with Gasteiger partial charge < -0.3 is 0 Å². The molecule has 1 rings (SSSR count). The topological polar surface area (TPSA) is 20.3 Å². The second-order valence-electron chi connectivity index (χ2n) is 4.29. The second-order valence-corrected chi connectivity index (χ2v) is 5.23. The Bertz CT molecular complexity index is 235. The molecule has 0 bridgehead atoms. The number of Topliss-reactive ketones (excluding diaryl/α,β-unsaturated/α-hetero) is 1. The van der Waals surface area contributed by atoms with Crippen molar-refractivity contribution in [3.63, 3.8) is 0 Å². The van der Waals surface area contributed by atoms with Crippen LogP contribution in [0.3, 0.4) is 0 Å². The molecule has 2 unspecified atom stereocenters. The zero-order chi connectivity index (χ0) is 10.7. The van der Waals surface area contributed by atoms with Gasteiger partial charge in [-0.25, -0.2) is 0 Å². The number of carbonyl (C=O) groups is 1.